The summed E-state index contributed by atoms with van der Waals surface area (Å²) >= 11 is 0. The molecule has 0 radical (unpaired) electrons. The van der Waals surface area contributed by atoms with E-state index in [2.05, 4.69) is 4.74 Å². The van der Waals surface area contributed by atoms with E-state index in [1.165, 1.54) is 6.92 Å². The minimum atomic E-state index is -8.40. The number of halogens is 15. The lowest BCUT2D eigenvalue weighted by Crippen LogP contribution is -2.72. The summed E-state index contributed by atoms with van der Waals surface area (Å²) in [5, 5.41) is 9.71. The van der Waals surface area contributed by atoms with Crippen LogP contribution in [0.5, 0.6) is 0 Å². The zero-order chi connectivity index (χ0) is 28.8. The summed E-state index contributed by atoms with van der Waals surface area (Å²) in [6.45, 7) is 1.10. The molecule has 18 heteroatoms. The highest BCUT2D eigenvalue weighted by Crippen LogP contribution is 2.63. The van der Waals surface area contributed by atoms with E-state index in [0.29, 0.717) is 12.1 Å². The highest BCUT2D eigenvalue weighted by atomic mass is 19.4. The van der Waals surface area contributed by atoms with Crippen LogP contribution in [0.4, 0.5) is 65.9 Å². The van der Waals surface area contributed by atoms with Crippen molar-refractivity contribution in [1.82, 2.24) is 0 Å². The molecule has 3 nitrogen and oxygen atoms in total. The molecular weight excluding hydrogens is 549 g/mol. The number of aliphatic hydroxyl groups excluding tert-OH is 1. The van der Waals surface area contributed by atoms with E-state index in [1.54, 1.807) is 0 Å². The maximum atomic E-state index is 14.0. The third kappa shape index (κ3) is 4.91. The van der Waals surface area contributed by atoms with Crippen LogP contribution in [0.3, 0.4) is 0 Å². The van der Waals surface area contributed by atoms with Gasteiger partial charge in [-0.25, -0.2) is 4.79 Å². The summed E-state index contributed by atoms with van der Waals surface area (Å²) in [6.07, 6.45) is -13.6. The Morgan fingerprint density at radius 3 is 1.67 bits per heavy atom. The minimum Gasteiger partial charge on any atom is -0.462 e. The highest BCUT2D eigenvalue weighted by Gasteiger charge is 2.93. The smallest absolute Gasteiger partial charge is 0.460 e. The molecule has 0 saturated carbocycles. The van der Waals surface area contributed by atoms with Crippen molar-refractivity contribution in [2.45, 2.75) is 61.2 Å². The van der Waals surface area contributed by atoms with Gasteiger partial charge in [-0.3, -0.25) is 0 Å². The number of hydrogen-bond donors (Lipinski definition) is 1. The van der Waals surface area contributed by atoms with E-state index in [1.807, 2.05) is 0 Å². The van der Waals surface area contributed by atoms with Crippen LogP contribution in [0, 0.1) is 0 Å². The number of rotatable bonds is 10. The molecule has 0 saturated heterocycles. The van der Waals surface area contributed by atoms with Crippen molar-refractivity contribution in [3.8, 4) is 0 Å². The molecule has 0 amide bonds. The maximum Gasteiger partial charge on any atom is 0.460 e. The Kier molecular flexibility index (Phi) is 8.33. The summed E-state index contributed by atoms with van der Waals surface area (Å²) in [6, 6.07) is 2.94. The molecule has 0 fully saturated rings. The van der Waals surface area contributed by atoms with Crippen molar-refractivity contribution >= 4 is 5.97 Å². The summed E-state index contributed by atoms with van der Waals surface area (Å²) in [7, 11) is 0. The summed E-state index contributed by atoms with van der Waals surface area (Å²) in [5.41, 5.74) is -1.41. The lowest BCUT2D eigenvalue weighted by Gasteiger charge is -2.41. The molecule has 208 valence electrons. The molecule has 1 rings (SSSR count). The van der Waals surface area contributed by atoms with E-state index >= 15 is 0 Å². The molecular formula is C18H13F15O3. The van der Waals surface area contributed by atoms with Crippen LogP contribution < -0.4 is 0 Å². The summed E-state index contributed by atoms with van der Waals surface area (Å²) in [4.78, 5) is 11.6. The van der Waals surface area contributed by atoms with Gasteiger partial charge in [0.05, 0.1) is 18.3 Å². The van der Waals surface area contributed by atoms with Gasteiger partial charge in [-0.15, -0.1) is 0 Å². The Hall–Kier alpha value is -2.40. The van der Waals surface area contributed by atoms with E-state index < -0.39 is 71.3 Å². The van der Waals surface area contributed by atoms with E-state index in [4.69, 9.17) is 0 Å². The van der Waals surface area contributed by atoms with Crippen molar-refractivity contribution in [1.29, 1.82) is 0 Å². The van der Waals surface area contributed by atoms with Gasteiger partial charge in [0, 0.05) is 6.42 Å². The molecule has 0 aliphatic rings. The van der Waals surface area contributed by atoms with Crippen molar-refractivity contribution in [3.05, 3.63) is 35.4 Å². The van der Waals surface area contributed by atoms with Gasteiger partial charge in [-0.1, -0.05) is 12.1 Å². The summed E-state index contributed by atoms with van der Waals surface area (Å²) < 4.78 is 203. The van der Waals surface area contributed by atoms with Gasteiger partial charge in [0.2, 0.25) is 0 Å². The largest absolute Gasteiger partial charge is 0.462 e. The van der Waals surface area contributed by atoms with Crippen molar-refractivity contribution in [3.63, 3.8) is 0 Å². The number of ether oxygens (including phenoxy) is 1. The number of benzene rings is 1. The molecule has 1 atom stereocenters. The van der Waals surface area contributed by atoms with Crippen LogP contribution in [0.25, 0.3) is 0 Å². The van der Waals surface area contributed by atoms with E-state index in [0.717, 1.165) is 12.1 Å². The zero-order valence-corrected chi connectivity index (χ0v) is 17.2. The van der Waals surface area contributed by atoms with Crippen molar-refractivity contribution in [2.75, 3.05) is 6.61 Å². The molecule has 1 unspecified atom stereocenters. The number of esters is 1. The molecule has 0 heterocycles. The van der Waals surface area contributed by atoms with Gasteiger partial charge in [0.25, 0.3) is 0 Å². The lowest BCUT2D eigenvalue weighted by molar-refractivity contribution is -0.453. The van der Waals surface area contributed by atoms with E-state index in [9.17, 15) is 75.8 Å². The first-order valence-electron chi connectivity index (χ1n) is 9.12. The Bertz CT molecular complexity index is 940. The molecule has 36 heavy (non-hydrogen) atoms. The first-order chi connectivity index (χ1) is 15.8. The fourth-order valence-electron chi connectivity index (χ4n) is 2.58. The van der Waals surface area contributed by atoms with Crippen LogP contribution >= 0.6 is 0 Å². The van der Waals surface area contributed by atoms with Gasteiger partial charge in [0.15, 0.2) is 0 Å². The van der Waals surface area contributed by atoms with Crippen molar-refractivity contribution in [2.24, 2.45) is 0 Å². The molecule has 0 bridgehead atoms. The molecule has 1 aromatic carbocycles. The van der Waals surface area contributed by atoms with Gasteiger partial charge in [0.1, 0.15) is 0 Å². The molecule has 1 aromatic rings. The van der Waals surface area contributed by atoms with Crippen LogP contribution in [0.1, 0.15) is 35.4 Å². The molecule has 0 aliphatic carbocycles. The quantitative estimate of drug-likeness (QED) is 0.256. The number of carbonyl (C=O) groups excluding carboxylic acids is 1. The Labute approximate surface area is 190 Å². The van der Waals surface area contributed by atoms with Crippen LogP contribution in [-0.4, -0.2) is 59.4 Å². The topological polar surface area (TPSA) is 46.5 Å². The van der Waals surface area contributed by atoms with Gasteiger partial charge < -0.3 is 9.84 Å². The van der Waals surface area contributed by atoms with Gasteiger partial charge >= 0.3 is 47.7 Å². The summed E-state index contributed by atoms with van der Waals surface area (Å²) in [5.74, 6) is -48.5. The maximum absolute atomic E-state index is 14.0. The zero-order valence-electron chi connectivity index (χ0n) is 17.2. The average Bonchev–Trinajstić information content (AvgIpc) is 2.72. The second-order valence-electron chi connectivity index (χ2n) is 7.14. The standard InChI is InChI=1S/C18H13F15O3/c1-2-36-11(35)9-5-3-4-8(6-9)10(34)7-12(19,20)13(21,22)14(23,24)15(25,26)16(27,28)17(29,30)18(31,32)33/h3-6,10,34H,2,7H2,1H3. The molecule has 0 aromatic heterocycles. The second-order valence-corrected chi connectivity index (χ2v) is 7.14. The number of carbonyl (C=O) groups is 1. The first-order valence-corrected chi connectivity index (χ1v) is 9.12. The average molecular weight is 562 g/mol. The predicted molar refractivity (Wildman–Crippen MR) is 87.7 cm³/mol. The van der Waals surface area contributed by atoms with Crippen LogP contribution in [-0.2, 0) is 4.74 Å². The monoisotopic (exact) mass is 562 g/mol. The third-order valence-electron chi connectivity index (χ3n) is 4.62. The van der Waals surface area contributed by atoms with E-state index in [-0.39, 0.29) is 6.61 Å². The Morgan fingerprint density at radius 1 is 0.778 bits per heavy atom. The first kappa shape index (κ1) is 31.6. The van der Waals surface area contributed by atoms with Crippen molar-refractivity contribution < 1.29 is 80.5 Å². The fourth-order valence-corrected chi connectivity index (χ4v) is 2.58. The Balaban J connectivity index is 3.42. The molecule has 1 N–H and O–H groups in total. The number of aliphatic hydroxyl groups is 1. The van der Waals surface area contributed by atoms with Gasteiger partial charge in [-0.2, -0.15) is 65.9 Å². The second kappa shape index (κ2) is 9.48. The third-order valence-corrected chi connectivity index (χ3v) is 4.62. The normalized spacial score (nSPS) is 15.6. The number of hydrogen-bond acceptors (Lipinski definition) is 3. The number of alkyl halides is 15. The fraction of sp³-hybridized carbons (Fsp3) is 0.611. The predicted octanol–water partition coefficient (Wildman–Crippen LogP) is 6.66. The molecule has 0 spiro atoms. The molecule has 0 aliphatic heterocycles. The SMILES string of the molecule is CCOC(=O)c1cccc(C(O)CC(F)(F)C(F)(F)C(F)(F)C(F)(F)C(F)(F)C(F)(F)C(F)(F)F)c1. The van der Waals surface area contributed by atoms with Gasteiger partial charge in [-0.05, 0) is 24.6 Å². The highest BCUT2D eigenvalue weighted by molar-refractivity contribution is 5.89. The van der Waals surface area contributed by atoms with Crippen LogP contribution in [0.2, 0.25) is 0 Å². The lowest BCUT2D eigenvalue weighted by atomic mass is 9.88. The minimum absolute atomic E-state index is 0.225. The Morgan fingerprint density at radius 2 is 1.22 bits per heavy atom. The van der Waals surface area contributed by atoms with Crippen LogP contribution in [0.15, 0.2) is 24.3 Å².